The first-order chi connectivity index (χ1) is 22.3. The first-order valence-electron chi connectivity index (χ1n) is 14.4. The molecule has 1 aliphatic rings. The van der Waals surface area contributed by atoms with Gasteiger partial charge in [0, 0.05) is 16.3 Å². The lowest BCUT2D eigenvalue weighted by Gasteiger charge is -2.21. The molecule has 2 aromatic carbocycles. The van der Waals surface area contributed by atoms with Gasteiger partial charge in [-0.1, -0.05) is 59.9 Å². The zero-order valence-corrected chi connectivity index (χ0v) is 28.0. The molecule has 232 valence electrons. The molecule has 0 radical (unpaired) electrons. The van der Waals surface area contributed by atoms with Crippen LogP contribution in [0, 0.1) is 0 Å². The van der Waals surface area contributed by atoms with E-state index in [0.29, 0.717) is 27.6 Å². The number of aromatic amines is 2. The van der Waals surface area contributed by atoms with E-state index in [4.69, 9.17) is 0 Å². The van der Waals surface area contributed by atoms with Crippen LogP contribution >= 0.6 is 46.2 Å². The molecule has 0 aliphatic heterocycles. The summed E-state index contributed by atoms with van der Waals surface area (Å²) in [5, 5.41) is 23.7. The molecule has 14 heteroatoms. The Morgan fingerprint density at radius 1 is 0.783 bits per heavy atom. The van der Waals surface area contributed by atoms with Crippen LogP contribution in [0.4, 0.5) is 11.4 Å². The number of hydrogen-bond acceptors (Lipinski definition) is 10. The average molecular weight is 685 g/mol. The van der Waals surface area contributed by atoms with Crippen molar-refractivity contribution in [2.75, 3.05) is 10.6 Å². The van der Waals surface area contributed by atoms with Crippen LogP contribution in [-0.4, -0.2) is 51.7 Å². The van der Waals surface area contributed by atoms with Crippen LogP contribution in [0.3, 0.4) is 0 Å². The maximum Gasteiger partial charge on any atom is 0.241 e. The van der Waals surface area contributed by atoms with E-state index < -0.39 is 9.49 Å². The molecule has 0 bridgehead atoms. The van der Waals surface area contributed by atoms with Crippen LogP contribution in [0.15, 0.2) is 94.6 Å². The van der Waals surface area contributed by atoms with Gasteiger partial charge in [-0.05, 0) is 80.1 Å². The topological polar surface area (TPSA) is 141 Å². The Bertz CT molecular complexity index is 1980. The quantitative estimate of drug-likeness (QED) is 0.101. The molecule has 2 amide bonds. The number of rotatable bonds is 11. The summed E-state index contributed by atoms with van der Waals surface area (Å²) in [4.78, 5) is 38.3. The first-order valence-corrected chi connectivity index (χ1v) is 17.7. The van der Waals surface area contributed by atoms with Crippen molar-refractivity contribution in [2.45, 2.75) is 46.5 Å². The van der Waals surface area contributed by atoms with Gasteiger partial charge in [0.2, 0.25) is 22.1 Å². The van der Waals surface area contributed by atoms with Crippen LogP contribution < -0.4 is 10.6 Å². The van der Waals surface area contributed by atoms with Crippen LogP contribution in [0.1, 0.15) is 26.7 Å². The van der Waals surface area contributed by atoms with Gasteiger partial charge in [0.1, 0.15) is 4.75 Å². The third-order valence-corrected chi connectivity index (χ3v) is 11.7. The number of para-hydroxylation sites is 1. The summed E-state index contributed by atoms with van der Waals surface area (Å²) < 4.78 is -1.33. The highest BCUT2D eigenvalue weighted by atomic mass is 32.2. The lowest BCUT2D eigenvalue weighted by Crippen LogP contribution is -2.34. The van der Waals surface area contributed by atoms with Crippen molar-refractivity contribution in [3.63, 3.8) is 0 Å². The summed E-state index contributed by atoms with van der Waals surface area (Å²) in [6, 6.07) is 25.2. The van der Waals surface area contributed by atoms with E-state index in [1.54, 1.807) is 22.7 Å². The minimum atomic E-state index is -0.796. The lowest BCUT2D eigenvalue weighted by atomic mass is 10.1. The number of carbonyl (C=O) groups is 2. The van der Waals surface area contributed by atoms with Crippen molar-refractivity contribution in [1.29, 1.82) is 0 Å². The highest BCUT2D eigenvalue weighted by molar-refractivity contribution is 8.01. The molecule has 7 rings (SSSR count). The fraction of sp³-hybridized carbons (Fsp3) is 0.188. The molecule has 0 saturated heterocycles. The van der Waals surface area contributed by atoms with E-state index in [2.05, 4.69) is 41.0 Å². The van der Waals surface area contributed by atoms with Crippen LogP contribution in [0.2, 0.25) is 0 Å². The molecule has 0 unspecified atom stereocenters. The molecule has 4 aromatic heterocycles. The Morgan fingerprint density at radius 2 is 1.46 bits per heavy atom. The zero-order chi connectivity index (χ0) is 31.7. The summed E-state index contributed by atoms with van der Waals surface area (Å²) in [5.41, 5.74) is 2.51. The summed E-state index contributed by atoms with van der Waals surface area (Å²) in [6.07, 6.45) is 1.57. The van der Waals surface area contributed by atoms with Crippen molar-refractivity contribution in [1.82, 2.24) is 30.4 Å². The predicted molar refractivity (Wildman–Crippen MR) is 186 cm³/mol. The van der Waals surface area contributed by atoms with Gasteiger partial charge in [-0.3, -0.25) is 19.8 Å². The van der Waals surface area contributed by atoms with Crippen LogP contribution in [0.25, 0.3) is 31.8 Å². The second-order valence-corrected chi connectivity index (χ2v) is 16.1. The molecule has 1 aliphatic carbocycles. The first kappa shape index (κ1) is 30.4. The predicted octanol–water partition coefficient (Wildman–Crippen LogP) is 7.82. The highest BCUT2D eigenvalue weighted by Gasteiger charge is 2.52. The van der Waals surface area contributed by atoms with E-state index in [1.807, 2.05) is 98.1 Å². The minimum Gasteiger partial charge on any atom is -0.325 e. The maximum absolute atomic E-state index is 13.2. The number of nitrogens with zero attached hydrogens (tertiary/aromatic N) is 4. The van der Waals surface area contributed by atoms with Crippen molar-refractivity contribution in [3.05, 3.63) is 84.2 Å². The Kier molecular flexibility index (Phi) is 8.27. The van der Waals surface area contributed by atoms with Gasteiger partial charge < -0.3 is 10.6 Å². The van der Waals surface area contributed by atoms with Gasteiger partial charge in [0.25, 0.3) is 0 Å². The number of aromatic nitrogens is 6. The molecule has 46 heavy (non-hydrogen) atoms. The zero-order valence-electron chi connectivity index (χ0n) is 24.7. The molecule has 0 atom stereocenters. The fourth-order valence-electron chi connectivity index (χ4n) is 4.54. The SMILES string of the molecule is CC(C)(Sc1n[nH]c(-c2cccs2)n1)C(=O)Nc1ccc(-c2ccc(-c3nc(SC4(C(=O)Nc5ccccc5)CC4)n[nH]3)s2)cc1. The molecular formula is C32H28N8O2S4. The second kappa shape index (κ2) is 12.5. The number of thioether (sulfide) groups is 2. The molecule has 0 spiro atoms. The summed E-state index contributed by atoms with van der Waals surface area (Å²) >= 11 is 5.88. The van der Waals surface area contributed by atoms with Crippen molar-refractivity contribution in [2.24, 2.45) is 0 Å². The van der Waals surface area contributed by atoms with E-state index in [1.165, 1.54) is 23.5 Å². The highest BCUT2D eigenvalue weighted by Crippen LogP contribution is 2.52. The van der Waals surface area contributed by atoms with Crippen molar-refractivity contribution in [3.8, 4) is 31.8 Å². The lowest BCUT2D eigenvalue weighted by molar-refractivity contribution is -0.118. The van der Waals surface area contributed by atoms with Gasteiger partial charge in [-0.15, -0.1) is 32.9 Å². The number of hydrogen-bond donors (Lipinski definition) is 4. The van der Waals surface area contributed by atoms with Crippen LogP contribution in [0.5, 0.6) is 0 Å². The summed E-state index contributed by atoms with van der Waals surface area (Å²) in [6.45, 7) is 3.71. The third-order valence-electron chi connectivity index (χ3n) is 7.28. The number of benzene rings is 2. The molecule has 1 fully saturated rings. The third kappa shape index (κ3) is 6.65. The van der Waals surface area contributed by atoms with Crippen molar-refractivity contribution >= 4 is 69.4 Å². The van der Waals surface area contributed by atoms with Gasteiger partial charge in [0.15, 0.2) is 11.6 Å². The molecular weight excluding hydrogens is 657 g/mol. The summed E-state index contributed by atoms with van der Waals surface area (Å²) in [5.74, 6) is 1.19. The average Bonchev–Trinajstić information content (AvgIpc) is 3.61. The largest absolute Gasteiger partial charge is 0.325 e. The number of carbonyl (C=O) groups excluding carboxylic acids is 2. The standard InChI is InChI=1S/C32H28N8O2S4/c1-31(2,45-29-35-25(37-39-29)23-9-6-18-43-23)27(41)33-21-12-10-19(11-13-21)22-14-15-24(44-22)26-36-30(40-38-26)46-32(16-17-32)28(42)34-20-7-4-3-5-8-20/h3-15,18H,16-17H2,1-2H3,(H,33,41)(H,34,42)(H,35,37,39)(H,36,38,40). The van der Waals surface area contributed by atoms with E-state index >= 15 is 0 Å². The number of anilines is 2. The number of H-pyrrole nitrogens is 2. The van der Waals surface area contributed by atoms with Gasteiger partial charge >= 0.3 is 0 Å². The Morgan fingerprint density at radius 3 is 2.17 bits per heavy atom. The fourth-order valence-corrected chi connectivity index (χ4v) is 8.01. The molecule has 10 nitrogen and oxygen atoms in total. The molecule has 4 heterocycles. The molecule has 6 aromatic rings. The normalized spacial score (nSPS) is 13.8. The Hall–Kier alpha value is -4.24. The van der Waals surface area contributed by atoms with Crippen LogP contribution in [-0.2, 0) is 9.59 Å². The smallest absolute Gasteiger partial charge is 0.241 e. The number of thiophene rings is 2. The van der Waals surface area contributed by atoms with Crippen molar-refractivity contribution < 1.29 is 9.59 Å². The number of nitrogens with one attached hydrogen (secondary N) is 4. The maximum atomic E-state index is 13.2. The molecule has 1 saturated carbocycles. The van der Waals surface area contributed by atoms with Gasteiger partial charge in [-0.2, -0.15) is 0 Å². The van der Waals surface area contributed by atoms with Gasteiger partial charge in [-0.25, -0.2) is 9.97 Å². The van der Waals surface area contributed by atoms with E-state index in [9.17, 15) is 9.59 Å². The van der Waals surface area contributed by atoms with Gasteiger partial charge in [0.05, 0.1) is 14.5 Å². The second-order valence-electron chi connectivity index (χ2n) is 11.1. The Labute approximate surface area is 281 Å². The van der Waals surface area contributed by atoms with E-state index in [0.717, 1.165) is 38.7 Å². The monoisotopic (exact) mass is 684 g/mol. The minimum absolute atomic E-state index is 0.0199. The summed E-state index contributed by atoms with van der Waals surface area (Å²) in [7, 11) is 0. The Balaban J connectivity index is 0.957. The van der Waals surface area contributed by atoms with E-state index in [-0.39, 0.29) is 11.8 Å². The molecule has 4 N–H and O–H groups in total. The number of amides is 2.